The Labute approximate surface area is 101 Å². The molecule has 0 aliphatic carbocycles. The second-order valence-corrected chi connectivity index (χ2v) is 4.13. The largest absolute Gasteiger partial charge is 0.334 e. The van der Waals surface area contributed by atoms with Gasteiger partial charge in [-0.3, -0.25) is 4.79 Å². The zero-order valence-corrected chi connectivity index (χ0v) is 10.1. The number of nitrogens with zero attached hydrogens (tertiary/aromatic N) is 1. The minimum atomic E-state index is -0.279. The number of hydrogen-bond donors (Lipinski definition) is 0. The van der Waals surface area contributed by atoms with Crippen molar-refractivity contribution in [1.29, 1.82) is 0 Å². The smallest absolute Gasteiger partial charge is 0.226 e. The third kappa shape index (κ3) is 3.92. The first-order valence-corrected chi connectivity index (χ1v) is 5.47. The Kier molecular flexibility index (Phi) is 4.71. The van der Waals surface area contributed by atoms with E-state index in [0.29, 0.717) is 13.0 Å². The van der Waals surface area contributed by atoms with Gasteiger partial charge in [-0.25, -0.2) is 4.39 Å². The van der Waals surface area contributed by atoms with Crippen LogP contribution in [0.3, 0.4) is 0 Å². The van der Waals surface area contributed by atoms with Gasteiger partial charge < -0.3 is 4.90 Å². The fraction of sp³-hybridized carbons (Fsp3) is 0.357. The lowest BCUT2D eigenvalue weighted by molar-refractivity contribution is -0.133. The van der Waals surface area contributed by atoms with Gasteiger partial charge in [0.25, 0.3) is 0 Å². The van der Waals surface area contributed by atoms with Gasteiger partial charge >= 0.3 is 0 Å². The molecule has 90 valence electrons. The Morgan fingerprint density at radius 2 is 2.29 bits per heavy atom. The van der Waals surface area contributed by atoms with Crippen LogP contribution >= 0.6 is 0 Å². The summed E-state index contributed by atoms with van der Waals surface area (Å²) in [7, 11) is 1.67. The number of hydrogen-bond acceptors (Lipinski definition) is 1. The molecule has 0 N–H and O–H groups in total. The van der Waals surface area contributed by atoms with E-state index >= 15 is 0 Å². The Bertz CT molecular complexity index is 436. The molecule has 0 radical (unpaired) electrons. The van der Waals surface area contributed by atoms with Crippen molar-refractivity contribution in [2.24, 2.45) is 5.92 Å². The molecule has 17 heavy (non-hydrogen) atoms. The molecule has 0 spiro atoms. The summed E-state index contributed by atoms with van der Waals surface area (Å²) in [6.45, 7) is 2.12. The molecule has 1 rings (SSSR count). The van der Waals surface area contributed by atoms with E-state index in [1.54, 1.807) is 13.1 Å². The summed E-state index contributed by atoms with van der Waals surface area (Å²) in [4.78, 5) is 13.4. The normalized spacial score (nSPS) is 11.6. The fourth-order valence-corrected chi connectivity index (χ4v) is 1.70. The number of terminal acetylenes is 1. The summed E-state index contributed by atoms with van der Waals surface area (Å²) in [5.74, 6) is 1.92. The predicted molar refractivity (Wildman–Crippen MR) is 65.7 cm³/mol. The highest BCUT2D eigenvalue weighted by Crippen LogP contribution is 2.12. The van der Waals surface area contributed by atoms with Crippen molar-refractivity contribution >= 4 is 5.91 Å². The predicted octanol–water partition coefficient (Wildman–Crippen LogP) is 2.10. The molecule has 0 aliphatic rings. The highest BCUT2D eigenvalue weighted by atomic mass is 19.1. The standard InChI is InChI=1S/C14H16FNO/c1-4-8-16(3)14(17)11(2)9-12-6-5-7-13(15)10-12/h1,5-7,10-11H,8-9H2,2-3H3. The van der Waals surface area contributed by atoms with Crippen LogP contribution in [0.2, 0.25) is 0 Å². The lowest BCUT2D eigenvalue weighted by Gasteiger charge is -2.19. The molecular weight excluding hydrogens is 217 g/mol. The Morgan fingerprint density at radius 3 is 2.88 bits per heavy atom. The van der Waals surface area contributed by atoms with Crippen LogP contribution < -0.4 is 0 Å². The van der Waals surface area contributed by atoms with Crippen LogP contribution in [0, 0.1) is 24.1 Å². The first-order valence-electron chi connectivity index (χ1n) is 5.47. The van der Waals surface area contributed by atoms with Crippen molar-refractivity contribution in [3.63, 3.8) is 0 Å². The SMILES string of the molecule is C#CCN(C)C(=O)C(C)Cc1cccc(F)c1. The first kappa shape index (κ1) is 13.2. The van der Waals surface area contributed by atoms with E-state index in [9.17, 15) is 9.18 Å². The van der Waals surface area contributed by atoms with Gasteiger partial charge in [-0.1, -0.05) is 25.0 Å². The average Bonchev–Trinajstić information content (AvgIpc) is 2.28. The molecule has 0 heterocycles. The molecule has 1 amide bonds. The highest BCUT2D eigenvalue weighted by Gasteiger charge is 2.17. The molecule has 0 bridgehead atoms. The molecule has 1 unspecified atom stereocenters. The minimum Gasteiger partial charge on any atom is -0.334 e. The summed E-state index contributed by atoms with van der Waals surface area (Å²) in [5.41, 5.74) is 0.819. The zero-order chi connectivity index (χ0) is 12.8. The molecule has 0 aromatic heterocycles. The van der Waals surface area contributed by atoms with Gasteiger partial charge in [0.1, 0.15) is 5.82 Å². The van der Waals surface area contributed by atoms with E-state index in [2.05, 4.69) is 5.92 Å². The molecule has 0 aliphatic heterocycles. The Morgan fingerprint density at radius 1 is 1.59 bits per heavy atom. The molecule has 2 nitrogen and oxygen atoms in total. The van der Waals surface area contributed by atoms with Crippen molar-refractivity contribution in [3.05, 3.63) is 35.6 Å². The van der Waals surface area contributed by atoms with Crippen molar-refractivity contribution in [3.8, 4) is 12.3 Å². The number of benzene rings is 1. The second kappa shape index (κ2) is 6.05. The first-order chi connectivity index (χ1) is 8.04. The van der Waals surface area contributed by atoms with Gasteiger partial charge in [0.2, 0.25) is 5.91 Å². The van der Waals surface area contributed by atoms with Crippen molar-refractivity contribution < 1.29 is 9.18 Å². The average molecular weight is 233 g/mol. The van der Waals surface area contributed by atoms with E-state index < -0.39 is 0 Å². The maximum absolute atomic E-state index is 13.0. The van der Waals surface area contributed by atoms with Gasteiger partial charge in [0.05, 0.1) is 6.54 Å². The van der Waals surface area contributed by atoms with Gasteiger partial charge in [-0.05, 0) is 24.1 Å². The quantitative estimate of drug-likeness (QED) is 0.729. The van der Waals surface area contributed by atoms with E-state index in [4.69, 9.17) is 6.42 Å². The topological polar surface area (TPSA) is 20.3 Å². The number of carbonyl (C=O) groups excluding carboxylic acids is 1. The third-order valence-electron chi connectivity index (χ3n) is 2.56. The van der Waals surface area contributed by atoms with Crippen LogP contribution in [-0.4, -0.2) is 24.4 Å². The number of rotatable bonds is 4. The zero-order valence-electron chi connectivity index (χ0n) is 10.1. The van der Waals surface area contributed by atoms with Crippen LogP contribution in [0.5, 0.6) is 0 Å². The molecular formula is C14H16FNO. The van der Waals surface area contributed by atoms with Crippen LogP contribution in [0.25, 0.3) is 0 Å². The molecule has 1 atom stereocenters. The highest BCUT2D eigenvalue weighted by molar-refractivity contribution is 5.78. The van der Waals surface area contributed by atoms with Crippen molar-refractivity contribution in [1.82, 2.24) is 4.90 Å². The van der Waals surface area contributed by atoms with E-state index in [1.165, 1.54) is 17.0 Å². The second-order valence-electron chi connectivity index (χ2n) is 4.13. The number of carbonyl (C=O) groups is 1. The molecule has 0 saturated heterocycles. The third-order valence-corrected chi connectivity index (χ3v) is 2.56. The summed E-state index contributed by atoms with van der Waals surface area (Å²) in [6, 6.07) is 6.30. The lowest BCUT2D eigenvalue weighted by Crippen LogP contribution is -2.32. The van der Waals surface area contributed by atoms with Gasteiger partial charge in [-0.15, -0.1) is 6.42 Å². The van der Waals surface area contributed by atoms with E-state index in [1.807, 2.05) is 13.0 Å². The molecule has 0 saturated carbocycles. The van der Waals surface area contributed by atoms with Crippen LogP contribution in [0.4, 0.5) is 4.39 Å². The van der Waals surface area contributed by atoms with Crippen LogP contribution in [0.1, 0.15) is 12.5 Å². The van der Waals surface area contributed by atoms with Gasteiger partial charge in [0, 0.05) is 13.0 Å². The van der Waals surface area contributed by atoms with Gasteiger partial charge in [0.15, 0.2) is 0 Å². The Balaban J connectivity index is 2.63. The van der Waals surface area contributed by atoms with Crippen molar-refractivity contribution in [2.75, 3.05) is 13.6 Å². The number of halogens is 1. The molecule has 0 fully saturated rings. The molecule has 1 aromatic rings. The lowest BCUT2D eigenvalue weighted by atomic mass is 10.00. The minimum absolute atomic E-state index is 0.0211. The summed E-state index contributed by atoms with van der Waals surface area (Å²) in [5, 5.41) is 0. The summed E-state index contributed by atoms with van der Waals surface area (Å²) >= 11 is 0. The summed E-state index contributed by atoms with van der Waals surface area (Å²) in [6.07, 6.45) is 5.67. The monoisotopic (exact) mass is 233 g/mol. The van der Waals surface area contributed by atoms with E-state index in [0.717, 1.165) is 5.56 Å². The van der Waals surface area contributed by atoms with Crippen LogP contribution in [-0.2, 0) is 11.2 Å². The maximum Gasteiger partial charge on any atom is 0.226 e. The molecule has 1 aromatic carbocycles. The number of amides is 1. The van der Waals surface area contributed by atoms with Crippen molar-refractivity contribution in [2.45, 2.75) is 13.3 Å². The maximum atomic E-state index is 13.0. The Hall–Kier alpha value is -1.82. The van der Waals surface area contributed by atoms with Crippen LogP contribution in [0.15, 0.2) is 24.3 Å². The fourth-order valence-electron chi connectivity index (χ4n) is 1.70. The summed E-state index contributed by atoms with van der Waals surface area (Å²) < 4.78 is 13.0. The van der Waals surface area contributed by atoms with Gasteiger partial charge in [-0.2, -0.15) is 0 Å². The molecule has 3 heteroatoms. The van der Waals surface area contributed by atoms with E-state index in [-0.39, 0.29) is 17.6 Å².